The van der Waals surface area contributed by atoms with Crippen molar-refractivity contribution in [3.05, 3.63) is 52.8 Å². The molecule has 0 amide bonds. The molecule has 0 bridgehead atoms. The highest BCUT2D eigenvalue weighted by Gasteiger charge is 2.15. The van der Waals surface area contributed by atoms with E-state index in [1.54, 1.807) is 30.5 Å². The molecule has 2 aromatic heterocycles. The number of para-hydroxylation sites is 2. The van der Waals surface area contributed by atoms with Gasteiger partial charge in [0.25, 0.3) is 0 Å². The molecule has 8 nitrogen and oxygen atoms in total. The Hall–Kier alpha value is -2.81. The largest absolute Gasteiger partial charge is 0.486 e. The Balaban J connectivity index is 1.57. The predicted octanol–water partition coefficient (Wildman–Crippen LogP) is 3.15. The average molecular weight is 346 g/mol. The number of aromatic nitrogens is 3. The minimum absolute atomic E-state index is 0.0405. The third-order valence-corrected chi connectivity index (χ3v) is 4.19. The predicted molar refractivity (Wildman–Crippen MR) is 88.0 cm³/mol. The van der Waals surface area contributed by atoms with Crippen LogP contribution in [0.5, 0.6) is 5.75 Å². The van der Waals surface area contributed by atoms with Gasteiger partial charge in [0.2, 0.25) is 0 Å². The monoisotopic (exact) mass is 346 g/mol. The van der Waals surface area contributed by atoms with E-state index in [0.29, 0.717) is 29.1 Å². The smallest absolute Gasteiger partial charge is 0.310 e. The summed E-state index contributed by atoms with van der Waals surface area (Å²) < 4.78 is 12.6. The molecule has 0 saturated carbocycles. The maximum Gasteiger partial charge on any atom is 0.310 e. The SMILES string of the molecule is Cn1c(SCCOc2ccccc2[N+](=O)[O-])nnc1-c1ccco1. The first-order valence-electron chi connectivity index (χ1n) is 7.09. The Morgan fingerprint density at radius 3 is 2.88 bits per heavy atom. The average Bonchev–Trinajstić information content (AvgIpc) is 3.22. The lowest BCUT2D eigenvalue weighted by molar-refractivity contribution is -0.385. The topological polar surface area (TPSA) is 96.2 Å². The molecule has 3 aromatic rings. The van der Waals surface area contributed by atoms with Crippen LogP contribution in [0.15, 0.2) is 52.2 Å². The highest BCUT2D eigenvalue weighted by molar-refractivity contribution is 7.99. The van der Waals surface area contributed by atoms with Crippen molar-refractivity contribution in [2.45, 2.75) is 5.16 Å². The fourth-order valence-corrected chi connectivity index (χ4v) is 2.80. The normalized spacial score (nSPS) is 10.7. The second kappa shape index (κ2) is 7.18. The van der Waals surface area contributed by atoms with Crippen LogP contribution >= 0.6 is 11.8 Å². The number of hydrogen-bond donors (Lipinski definition) is 0. The van der Waals surface area contributed by atoms with Crippen LogP contribution in [0.4, 0.5) is 5.69 Å². The van der Waals surface area contributed by atoms with Gasteiger partial charge < -0.3 is 13.7 Å². The second-order valence-electron chi connectivity index (χ2n) is 4.76. The van der Waals surface area contributed by atoms with E-state index < -0.39 is 4.92 Å². The van der Waals surface area contributed by atoms with Gasteiger partial charge in [0.05, 0.1) is 17.8 Å². The van der Waals surface area contributed by atoms with Gasteiger partial charge in [-0.15, -0.1) is 10.2 Å². The van der Waals surface area contributed by atoms with Crippen molar-refractivity contribution < 1.29 is 14.1 Å². The standard InChI is InChI=1S/C15H14N4O4S/c1-18-14(13-7-4-8-22-13)16-17-15(18)24-10-9-23-12-6-3-2-5-11(12)19(20)21/h2-8H,9-10H2,1H3. The fourth-order valence-electron chi connectivity index (χ4n) is 2.08. The molecule has 0 fully saturated rings. The number of benzene rings is 1. The van der Waals surface area contributed by atoms with Gasteiger partial charge in [0.15, 0.2) is 22.5 Å². The van der Waals surface area contributed by atoms with Crippen molar-refractivity contribution in [2.75, 3.05) is 12.4 Å². The molecule has 124 valence electrons. The summed E-state index contributed by atoms with van der Waals surface area (Å²) in [6.07, 6.45) is 1.58. The Morgan fingerprint density at radius 2 is 2.12 bits per heavy atom. The molecule has 0 aliphatic carbocycles. The summed E-state index contributed by atoms with van der Waals surface area (Å²) in [5.74, 6) is 2.13. The molecule has 0 radical (unpaired) electrons. The molecule has 0 aliphatic rings. The molecular weight excluding hydrogens is 332 g/mol. The summed E-state index contributed by atoms with van der Waals surface area (Å²) in [5.41, 5.74) is -0.0405. The van der Waals surface area contributed by atoms with E-state index >= 15 is 0 Å². The molecule has 1 aromatic carbocycles. The molecule has 0 atom stereocenters. The molecule has 9 heteroatoms. The number of ether oxygens (including phenoxy) is 1. The van der Waals surface area contributed by atoms with Crippen molar-refractivity contribution >= 4 is 17.4 Å². The van der Waals surface area contributed by atoms with E-state index in [2.05, 4.69) is 10.2 Å². The van der Waals surface area contributed by atoms with Gasteiger partial charge in [-0.1, -0.05) is 23.9 Å². The Bertz CT molecular complexity index is 832. The highest BCUT2D eigenvalue weighted by atomic mass is 32.2. The lowest BCUT2D eigenvalue weighted by Gasteiger charge is -2.06. The lowest BCUT2D eigenvalue weighted by atomic mass is 10.3. The van der Waals surface area contributed by atoms with E-state index in [-0.39, 0.29) is 11.4 Å². The number of nitro benzene ring substituents is 1. The number of hydrogen-bond acceptors (Lipinski definition) is 7. The van der Waals surface area contributed by atoms with Gasteiger partial charge in [-0.3, -0.25) is 10.1 Å². The maximum absolute atomic E-state index is 10.9. The summed E-state index contributed by atoms with van der Waals surface area (Å²) >= 11 is 1.45. The molecule has 2 heterocycles. The molecule has 0 N–H and O–H groups in total. The van der Waals surface area contributed by atoms with Gasteiger partial charge in [-0.05, 0) is 18.2 Å². The number of nitro groups is 1. The first kappa shape index (κ1) is 16.1. The second-order valence-corrected chi connectivity index (χ2v) is 5.83. The summed E-state index contributed by atoms with van der Waals surface area (Å²) in [6.45, 7) is 0.318. The Morgan fingerprint density at radius 1 is 1.29 bits per heavy atom. The van der Waals surface area contributed by atoms with Gasteiger partial charge in [-0.2, -0.15) is 0 Å². The number of rotatable bonds is 7. The van der Waals surface area contributed by atoms with E-state index in [1.165, 1.54) is 17.8 Å². The third kappa shape index (κ3) is 3.40. The van der Waals surface area contributed by atoms with Crippen LogP contribution in [0.3, 0.4) is 0 Å². The van der Waals surface area contributed by atoms with Crippen LogP contribution in [0.1, 0.15) is 0 Å². The zero-order chi connectivity index (χ0) is 16.9. The zero-order valence-electron chi connectivity index (χ0n) is 12.8. The minimum atomic E-state index is -0.458. The molecule has 0 saturated heterocycles. The zero-order valence-corrected chi connectivity index (χ0v) is 13.6. The van der Waals surface area contributed by atoms with Crippen molar-refractivity contribution in [2.24, 2.45) is 7.05 Å². The van der Waals surface area contributed by atoms with Crippen LogP contribution in [-0.4, -0.2) is 32.0 Å². The van der Waals surface area contributed by atoms with Crippen LogP contribution < -0.4 is 4.74 Å². The van der Waals surface area contributed by atoms with E-state index in [9.17, 15) is 10.1 Å². The van der Waals surface area contributed by atoms with Crippen molar-refractivity contribution in [1.82, 2.24) is 14.8 Å². The first-order chi connectivity index (χ1) is 11.7. The third-order valence-electron chi connectivity index (χ3n) is 3.21. The molecule has 3 rings (SSSR count). The first-order valence-corrected chi connectivity index (χ1v) is 8.07. The fraction of sp³-hybridized carbons (Fsp3) is 0.200. The minimum Gasteiger partial charge on any atom is -0.486 e. The van der Waals surface area contributed by atoms with Crippen LogP contribution in [0, 0.1) is 10.1 Å². The Kier molecular flexibility index (Phi) is 4.80. The number of thioether (sulfide) groups is 1. The number of furan rings is 1. The molecule has 0 unspecified atom stereocenters. The molecule has 0 aliphatic heterocycles. The van der Waals surface area contributed by atoms with E-state index in [0.717, 1.165) is 0 Å². The summed E-state index contributed by atoms with van der Waals surface area (Å²) in [4.78, 5) is 10.5. The molecular formula is C15H14N4O4S. The van der Waals surface area contributed by atoms with Crippen LogP contribution in [-0.2, 0) is 7.05 Å². The van der Waals surface area contributed by atoms with Crippen molar-refractivity contribution in [1.29, 1.82) is 0 Å². The Labute approximate surface area is 141 Å². The van der Waals surface area contributed by atoms with E-state index in [4.69, 9.17) is 9.15 Å². The van der Waals surface area contributed by atoms with Crippen LogP contribution in [0.2, 0.25) is 0 Å². The van der Waals surface area contributed by atoms with Crippen molar-refractivity contribution in [3.8, 4) is 17.3 Å². The van der Waals surface area contributed by atoms with Crippen molar-refractivity contribution in [3.63, 3.8) is 0 Å². The molecule has 24 heavy (non-hydrogen) atoms. The van der Waals surface area contributed by atoms with Gasteiger partial charge in [0.1, 0.15) is 0 Å². The highest BCUT2D eigenvalue weighted by Crippen LogP contribution is 2.27. The van der Waals surface area contributed by atoms with Gasteiger partial charge >= 0.3 is 5.69 Å². The lowest BCUT2D eigenvalue weighted by Crippen LogP contribution is -2.03. The quantitative estimate of drug-likeness (QED) is 0.280. The van der Waals surface area contributed by atoms with Crippen LogP contribution in [0.25, 0.3) is 11.6 Å². The summed E-state index contributed by atoms with van der Waals surface area (Å²) in [7, 11) is 1.85. The van der Waals surface area contributed by atoms with Gasteiger partial charge in [-0.25, -0.2) is 0 Å². The molecule has 0 spiro atoms. The maximum atomic E-state index is 10.9. The summed E-state index contributed by atoms with van der Waals surface area (Å²) in [6, 6.07) is 9.91. The summed E-state index contributed by atoms with van der Waals surface area (Å²) in [5, 5.41) is 19.9. The van der Waals surface area contributed by atoms with E-state index in [1.807, 2.05) is 17.7 Å². The van der Waals surface area contributed by atoms with Gasteiger partial charge in [0, 0.05) is 18.9 Å². The number of nitrogens with zero attached hydrogens (tertiary/aromatic N) is 4.